The first kappa shape index (κ1) is 13.9. The molecule has 106 valence electrons. The lowest BCUT2D eigenvalue weighted by Gasteiger charge is -2.11. The summed E-state index contributed by atoms with van der Waals surface area (Å²) in [4.78, 5) is 12.0. The van der Waals surface area contributed by atoms with Crippen LogP contribution in [0, 0.1) is 12.8 Å². The van der Waals surface area contributed by atoms with Gasteiger partial charge in [0.05, 0.1) is 0 Å². The zero-order valence-electron chi connectivity index (χ0n) is 11.3. The molecule has 6 heteroatoms. The minimum atomic E-state index is -0.309. The number of phenolic OH excluding ortho intramolecular Hbond substituents is 2. The molecule has 3 N–H and O–H groups in total. The molecule has 1 atom stereocenters. The number of nitrogens with one attached hydrogen (secondary N) is 1. The van der Waals surface area contributed by atoms with Gasteiger partial charge < -0.3 is 20.1 Å². The molecule has 1 unspecified atom stereocenters. The highest BCUT2D eigenvalue weighted by molar-refractivity contribution is 5.91. The van der Waals surface area contributed by atoms with Gasteiger partial charge in [0.25, 0.3) is 0 Å². The Balaban J connectivity index is 1.98. The molecular formula is C14H16N2O4. The second-order valence-corrected chi connectivity index (χ2v) is 4.74. The van der Waals surface area contributed by atoms with E-state index in [2.05, 4.69) is 10.5 Å². The molecule has 0 bridgehead atoms. The van der Waals surface area contributed by atoms with E-state index in [9.17, 15) is 15.0 Å². The number of phenols is 2. The predicted molar refractivity (Wildman–Crippen MR) is 72.5 cm³/mol. The molecule has 0 radical (unpaired) electrons. The minimum Gasteiger partial charge on any atom is -0.504 e. The van der Waals surface area contributed by atoms with E-state index in [0.717, 1.165) is 5.56 Å². The van der Waals surface area contributed by atoms with Crippen LogP contribution in [0.4, 0.5) is 5.82 Å². The van der Waals surface area contributed by atoms with Gasteiger partial charge in [0, 0.05) is 12.0 Å². The maximum atomic E-state index is 12.0. The van der Waals surface area contributed by atoms with Gasteiger partial charge in [0.1, 0.15) is 5.76 Å². The number of aryl methyl sites for hydroxylation is 1. The highest BCUT2D eigenvalue weighted by atomic mass is 16.5. The molecular weight excluding hydrogens is 260 g/mol. The fourth-order valence-electron chi connectivity index (χ4n) is 1.82. The summed E-state index contributed by atoms with van der Waals surface area (Å²) >= 11 is 0. The van der Waals surface area contributed by atoms with Crippen molar-refractivity contribution in [1.82, 2.24) is 5.16 Å². The van der Waals surface area contributed by atoms with Crippen LogP contribution >= 0.6 is 0 Å². The van der Waals surface area contributed by atoms with E-state index in [-0.39, 0.29) is 23.3 Å². The summed E-state index contributed by atoms with van der Waals surface area (Å²) in [6.07, 6.45) is 0.441. The zero-order chi connectivity index (χ0) is 14.7. The second-order valence-electron chi connectivity index (χ2n) is 4.74. The molecule has 0 saturated carbocycles. The molecule has 0 fully saturated rings. The van der Waals surface area contributed by atoms with Crippen molar-refractivity contribution < 1.29 is 19.5 Å². The van der Waals surface area contributed by atoms with Gasteiger partial charge in [0.2, 0.25) is 5.91 Å². The van der Waals surface area contributed by atoms with Gasteiger partial charge in [-0.25, -0.2) is 0 Å². The number of hydrogen-bond donors (Lipinski definition) is 3. The first-order valence-electron chi connectivity index (χ1n) is 6.20. The van der Waals surface area contributed by atoms with Gasteiger partial charge in [-0.15, -0.1) is 0 Å². The summed E-state index contributed by atoms with van der Waals surface area (Å²) in [5.41, 5.74) is 0.763. The van der Waals surface area contributed by atoms with Gasteiger partial charge in [0.15, 0.2) is 17.3 Å². The number of hydrogen-bond acceptors (Lipinski definition) is 5. The first-order valence-corrected chi connectivity index (χ1v) is 6.20. The Hall–Kier alpha value is -2.50. The molecule has 0 aliphatic rings. The van der Waals surface area contributed by atoms with E-state index in [0.29, 0.717) is 18.0 Å². The standard InChI is InChI=1S/C14H16N2O4/c1-8(5-10-3-4-11(17)12(18)7-10)14(19)15-13-6-9(2)20-16-13/h3-4,6-8,17-18H,5H2,1-2H3,(H,15,16,19). The Bertz CT molecular complexity index is 621. The Kier molecular flexibility index (Phi) is 3.93. The van der Waals surface area contributed by atoms with Crippen molar-refractivity contribution in [2.45, 2.75) is 20.3 Å². The van der Waals surface area contributed by atoms with E-state index in [4.69, 9.17) is 4.52 Å². The summed E-state index contributed by atoms with van der Waals surface area (Å²) in [5.74, 6) is 0.136. The Morgan fingerprint density at radius 3 is 2.70 bits per heavy atom. The van der Waals surface area contributed by atoms with Gasteiger partial charge >= 0.3 is 0 Å². The molecule has 20 heavy (non-hydrogen) atoms. The SMILES string of the molecule is Cc1cc(NC(=O)C(C)Cc2ccc(O)c(O)c2)no1. The van der Waals surface area contributed by atoms with Crippen LogP contribution in [0.1, 0.15) is 18.2 Å². The molecule has 0 aliphatic heterocycles. The first-order chi connectivity index (χ1) is 9.45. The number of benzene rings is 1. The van der Waals surface area contributed by atoms with E-state index in [1.54, 1.807) is 26.0 Å². The van der Waals surface area contributed by atoms with Crippen LogP contribution < -0.4 is 5.32 Å². The molecule has 0 saturated heterocycles. The van der Waals surface area contributed by atoms with Gasteiger partial charge in [-0.1, -0.05) is 18.1 Å². The van der Waals surface area contributed by atoms with Crippen molar-refractivity contribution in [2.75, 3.05) is 5.32 Å². The Morgan fingerprint density at radius 2 is 2.10 bits per heavy atom. The number of anilines is 1. The number of nitrogens with zero attached hydrogens (tertiary/aromatic N) is 1. The van der Waals surface area contributed by atoms with Crippen LogP contribution in [-0.4, -0.2) is 21.3 Å². The van der Waals surface area contributed by atoms with Crippen LogP contribution in [0.3, 0.4) is 0 Å². The Morgan fingerprint density at radius 1 is 1.35 bits per heavy atom. The number of aromatic nitrogens is 1. The molecule has 2 rings (SSSR count). The topological polar surface area (TPSA) is 95.6 Å². The Labute approximate surface area is 116 Å². The van der Waals surface area contributed by atoms with Crippen LogP contribution in [0.5, 0.6) is 11.5 Å². The third-order valence-electron chi connectivity index (χ3n) is 2.91. The summed E-state index contributed by atoms with van der Waals surface area (Å²) in [6.45, 7) is 3.51. The number of carbonyl (C=O) groups is 1. The molecule has 6 nitrogen and oxygen atoms in total. The molecule has 1 aromatic carbocycles. The predicted octanol–water partition coefficient (Wildman–Crippen LogP) is 2.21. The van der Waals surface area contributed by atoms with Crippen LogP contribution in [0.25, 0.3) is 0 Å². The molecule has 0 spiro atoms. The summed E-state index contributed by atoms with van der Waals surface area (Å²) < 4.78 is 4.87. The quantitative estimate of drug-likeness (QED) is 0.744. The third kappa shape index (κ3) is 3.28. The third-order valence-corrected chi connectivity index (χ3v) is 2.91. The highest BCUT2D eigenvalue weighted by Crippen LogP contribution is 2.26. The maximum Gasteiger partial charge on any atom is 0.228 e. The van der Waals surface area contributed by atoms with Crippen molar-refractivity contribution in [3.05, 3.63) is 35.6 Å². The van der Waals surface area contributed by atoms with E-state index < -0.39 is 0 Å². The van der Waals surface area contributed by atoms with Gasteiger partial charge in [-0.05, 0) is 31.0 Å². The monoisotopic (exact) mass is 276 g/mol. The van der Waals surface area contributed by atoms with E-state index >= 15 is 0 Å². The lowest BCUT2D eigenvalue weighted by Crippen LogP contribution is -2.22. The smallest absolute Gasteiger partial charge is 0.228 e. The fraction of sp³-hybridized carbons (Fsp3) is 0.286. The average molecular weight is 276 g/mol. The summed E-state index contributed by atoms with van der Waals surface area (Å²) in [7, 11) is 0. The number of carbonyl (C=O) groups excluding carboxylic acids is 1. The molecule has 1 amide bonds. The summed E-state index contributed by atoms with van der Waals surface area (Å²) in [6, 6.07) is 6.14. The van der Waals surface area contributed by atoms with Gasteiger partial charge in [-0.2, -0.15) is 0 Å². The molecule has 1 heterocycles. The van der Waals surface area contributed by atoms with Gasteiger partial charge in [-0.3, -0.25) is 4.79 Å². The van der Waals surface area contributed by atoms with Crippen molar-refractivity contribution >= 4 is 11.7 Å². The van der Waals surface area contributed by atoms with E-state index in [1.165, 1.54) is 12.1 Å². The largest absolute Gasteiger partial charge is 0.504 e. The number of amides is 1. The van der Waals surface area contributed by atoms with E-state index in [1.807, 2.05) is 0 Å². The summed E-state index contributed by atoms with van der Waals surface area (Å²) in [5, 5.41) is 25.0. The average Bonchev–Trinajstić information content (AvgIpc) is 2.79. The lowest BCUT2D eigenvalue weighted by atomic mass is 10.00. The van der Waals surface area contributed by atoms with Crippen molar-refractivity contribution in [2.24, 2.45) is 5.92 Å². The normalized spacial score (nSPS) is 12.1. The number of aromatic hydroxyl groups is 2. The molecule has 2 aromatic rings. The fourth-order valence-corrected chi connectivity index (χ4v) is 1.82. The lowest BCUT2D eigenvalue weighted by molar-refractivity contribution is -0.119. The zero-order valence-corrected chi connectivity index (χ0v) is 11.3. The minimum absolute atomic E-state index is 0.177. The van der Waals surface area contributed by atoms with Crippen molar-refractivity contribution in [3.63, 3.8) is 0 Å². The highest BCUT2D eigenvalue weighted by Gasteiger charge is 2.16. The van der Waals surface area contributed by atoms with Crippen molar-refractivity contribution in [1.29, 1.82) is 0 Å². The second kappa shape index (κ2) is 5.64. The van der Waals surface area contributed by atoms with Crippen LogP contribution in [-0.2, 0) is 11.2 Å². The van der Waals surface area contributed by atoms with Crippen molar-refractivity contribution in [3.8, 4) is 11.5 Å². The maximum absolute atomic E-state index is 12.0. The van der Waals surface area contributed by atoms with Crippen LogP contribution in [0.2, 0.25) is 0 Å². The number of rotatable bonds is 4. The molecule has 0 aliphatic carbocycles. The van der Waals surface area contributed by atoms with Crippen LogP contribution in [0.15, 0.2) is 28.8 Å². The molecule has 1 aromatic heterocycles.